The van der Waals surface area contributed by atoms with Gasteiger partial charge in [-0.2, -0.15) is 0 Å². The van der Waals surface area contributed by atoms with Gasteiger partial charge in [0.2, 0.25) is 11.8 Å². The zero-order valence-corrected chi connectivity index (χ0v) is 14.2. The van der Waals surface area contributed by atoms with Crippen LogP contribution in [0.2, 0.25) is 0 Å². The number of nitrogens with one attached hydrogen (secondary N) is 2. The maximum Gasteiger partial charge on any atom is 0.243 e. The van der Waals surface area contributed by atoms with E-state index in [4.69, 9.17) is 9.47 Å². The quantitative estimate of drug-likeness (QED) is 0.734. The average molecular weight is 342 g/mol. The van der Waals surface area contributed by atoms with E-state index >= 15 is 0 Å². The molecule has 0 radical (unpaired) electrons. The molecular weight excluding hydrogens is 320 g/mol. The first-order valence-corrected chi connectivity index (χ1v) is 8.15. The van der Waals surface area contributed by atoms with E-state index in [9.17, 15) is 9.59 Å². The van der Waals surface area contributed by atoms with Crippen molar-refractivity contribution < 1.29 is 19.1 Å². The molecule has 2 aromatic rings. The number of hydrogen-bond donors (Lipinski definition) is 2. The second kappa shape index (κ2) is 9.97. The van der Waals surface area contributed by atoms with E-state index in [0.29, 0.717) is 23.8 Å². The van der Waals surface area contributed by atoms with Crippen LogP contribution in [0.5, 0.6) is 11.5 Å². The summed E-state index contributed by atoms with van der Waals surface area (Å²) in [6.45, 7) is 2.52. The molecule has 6 nitrogen and oxygen atoms in total. The number of para-hydroxylation sites is 3. The van der Waals surface area contributed by atoms with E-state index < -0.39 is 0 Å². The number of rotatable bonds is 9. The monoisotopic (exact) mass is 342 g/mol. The lowest BCUT2D eigenvalue weighted by Gasteiger charge is -2.11. The Bertz CT molecular complexity index is 689. The molecule has 0 aliphatic carbocycles. The zero-order chi connectivity index (χ0) is 17.9. The molecule has 0 heterocycles. The Hall–Kier alpha value is -3.02. The Morgan fingerprint density at radius 2 is 1.64 bits per heavy atom. The number of amides is 2. The van der Waals surface area contributed by atoms with Gasteiger partial charge in [-0.25, -0.2) is 0 Å². The lowest BCUT2D eigenvalue weighted by molar-refractivity contribution is -0.124. The van der Waals surface area contributed by atoms with E-state index in [0.717, 1.165) is 0 Å². The van der Waals surface area contributed by atoms with Crippen LogP contribution in [0.1, 0.15) is 13.3 Å². The van der Waals surface area contributed by atoms with Crippen molar-refractivity contribution in [3.05, 3.63) is 54.6 Å². The van der Waals surface area contributed by atoms with Crippen molar-refractivity contribution in [1.82, 2.24) is 5.32 Å². The number of anilines is 1. The summed E-state index contributed by atoms with van der Waals surface area (Å²) in [6, 6.07) is 16.4. The molecule has 2 N–H and O–H groups in total. The molecule has 0 aliphatic heterocycles. The predicted molar refractivity (Wildman–Crippen MR) is 95.8 cm³/mol. The molecule has 6 heteroatoms. The Balaban J connectivity index is 1.70. The Morgan fingerprint density at radius 3 is 2.40 bits per heavy atom. The van der Waals surface area contributed by atoms with Gasteiger partial charge < -0.3 is 20.1 Å². The lowest BCUT2D eigenvalue weighted by Crippen LogP contribution is -2.33. The molecule has 0 unspecified atom stereocenters. The fraction of sp³-hybridized carbons (Fsp3) is 0.263. The van der Waals surface area contributed by atoms with Gasteiger partial charge in [0.05, 0.1) is 31.9 Å². The SMILES string of the molecule is CCOc1ccccc1NC(=O)CNC(=O)CCOc1ccccc1. The van der Waals surface area contributed by atoms with Crippen molar-refractivity contribution in [2.75, 3.05) is 25.1 Å². The van der Waals surface area contributed by atoms with Gasteiger partial charge in [0.15, 0.2) is 0 Å². The van der Waals surface area contributed by atoms with Crippen molar-refractivity contribution in [2.45, 2.75) is 13.3 Å². The van der Waals surface area contributed by atoms with Crippen LogP contribution in [0.25, 0.3) is 0 Å². The summed E-state index contributed by atoms with van der Waals surface area (Å²) < 4.78 is 10.9. The summed E-state index contributed by atoms with van der Waals surface area (Å²) in [5.41, 5.74) is 0.580. The summed E-state index contributed by atoms with van der Waals surface area (Å²) in [5.74, 6) is 0.746. The summed E-state index contributed by atoms with van der Waals surface area (Å²) in [7, 11) is 0. The largest absolute Gasteiger partial charge is 0.493 e. The fourth-order valence-electron chi connectivity index (χ4n) is 2.09. The highest BCUT2D eigenvalue weighted by Crippen LogP contribution is 2.23. The van der Waals surface area contributed by atoms with Gasteiger partial charge in [-0.1, -0.05) is 30.3 Å². The van der Waals surface area contributed by atoms with Crippen molar-refractivity contribution in [1.29, 1.82) is 0 Å². The van der Waals surface area contributed by atoms with Crippen LogP contribution in [0.4, 0.5) is 5.69 Å². The van der Waals surface area contributed by atoms with Crippen molar-refractivity contribution in [3.8, 4) is 11.5 Å². The molecule has 0 aromatic heterocycles. The van der Waals surface area contributed by atoms with E-state index in [-0.39, 0.29) is 31.4 Å². The first-order valence-electron chi connectivity index (χ1n) is 8.15. The molecule has 0 aliphatic rings. The molecule has 2 aromatic carbocycles. The van der Waals surface area contributed by atoms with Crippen molar-refractivity contribution >= 4 is 17.5 Å². The third-order valence-electron chi connectivity index (χ3n) is 3.25. The standard InChI is InChI=1S/C19H22N2O4/c1-2-24-17-11-7-6-10-16(17)21-19(23)14-20-18(22)12-13-25-15-8-4-3-5-9-15/h3-11H,2,12-14H2,1H3,(H,20,22)(H,21,23). The molecule has 0 spiro atoms. The average Bonchev–Trinajstić information content (AvgIpc) is 2.63. The van der Waals surface area contributed by atoms with Crippen molar-refractivity contribution in [3.63, 3.8) is 0 Å². The second-order valence-electron chi connectivity index (χ2n) is 5.17. The molecule has 0 atom stereocenters. The van der Waals surface area contributed by atoms with Crippen LogP contribution in [-0.4, -0.2) is 31.6 Å². The Labute approximate surface area is 147 Å². The topological polar surface area (TPSA) is 76.7 Å². The third-order valence-corrected chi connectivity index (χ3v) is 3.25. The number of ether oxygens (including phenoxy) is 2. The number of hydrogen-bond acceptors (Lipinski definition) is 4. The van der Waals surface area contributed by atoms with Gasteiger partial charge in [-0.15, -0.1) is 0 Å². The van der Waals surface area contributed by atoms with Gasteiger partial charge in [-0.05, 0) is 31.2 Å². The molecule has 25 heavy (non-hydrogen) atoms. The minimum Gasteiger partial charge on any atom is -0.493 e. The molecule has 0 fully saturated rings. The zero-order valence-electron chi connectivity index (χ0n) is 14.2. The Morgan fingerprint density at radius 1 is 0.920 bits per heavy atom. The van der Waals surface area contributed by atoms with Crippen LogP contribution in [0, 0.1) is 0 Å². The summed E-state index contributed by atoms with van der Waals surface area (Å²) in [5, 5.41) is 5.29. The molecule has 2 amide bonds. The minimum absolute atomic E-state index is 0.107. The van der Waals surface area contributed by atoms with Gasteiger partial charge >= 0.3 is 0 Å². The molecule has 2 rings (SSSR count). The maximum atomic E-state index is 12.0. The first kappa shape index (κ1) is 18.3. The predicted octanol–water partition coefficient (Wildman–Crippen LogP) is 2.61. The van der Waals surface area contributed by atoms with Crippen molar-refractivity contribution in [2.24, 2.45) is 0 Å². The highest BCUT2D eigenvalue weighted by atomic mass is 16.5. The van der Waals surface area contributed by atoms with Gasteiger partial charge in [0, 0.05) is 0 Å². The summed E-state index contributed by atoms with van der Waals surface area (Å²) in [6.07, 6.45) is 0.178. The number of carbonyl (C=O) groups excluding carboxylic acids is 2. The van der Waals surface area contributed by atoms with Crippen LogP contribution >= 0.6 is 0 Å². The number of carbonyl (C=O) groups is 2. The minimum atomic E-state index is -0.315. The highest BCUT2D eigenvalue weighted by molar-refractivity contribution is 5.95. The molecule has 0 bridgehead atoms. The van der Waals surface area contributed by atoms with E-state index in [1.807, 2.05) is 43.3 Å². The van der Waals surface area contributed by atoms with Crippen LogP contribution in [0.3, 0.4) is 0 Å². The van der Waals surface area contributed by atoms with Gasteiger partial charge in [-0.3, -0.25) is 9.59 Å². The van der Waals surface area contributed by atoms with Crippen LogP contribution in [-0.2, 0) is 9.59 Å². The highest BCUT2D eigenvalue weighted by Gasteiger charge is 2.09. The second-order valence-corrected chi connectivity index (χ2v) is 5.17. The normalized spacial score (nSPS) is 9.96. The van der Waals surface area contributed by atoms with Crippen LogP contribution < -0.4 is 20.1 Å². The Kier molecular flexibility index (Phi) is 7.31. The third kappa shape index (κ3) is 6.55. The van der Waals surface area contributed by atoms with E-state index in [1.165, 1.54) is 0 Å². The van der Waals surface area contributed by atoms with E-state index in [1.54, 1.807) is 18.2 Å². The molecule has 0 saturated carbocycles. The first-order chi connectivity index (χ1) is 12.2. The van der Waals surface area contributed by atoms with Gasteiger partial charge in [0.25, 0.3) is 0 Å². The van der Waals surface area contributed by atoms with Gasteiger partial charge in [0.1, 0.15) is 11.5 Å². The van der Waals surface area contributed by atoms with Crippen LogP contribution in [0.15, 0.2) is 54.6 Å². The molecule has 132 valence electrons. The summed E-state index contributed by atoms with van der Waals surface area (Å²) in [4.78, 5) is 23.7. The molecule has 0 saturated heterocycles. The maximum absolute atomic E-state index is 12.0. The lowest BCUT2D eigenvalue weighted by atomic mass is 10.3. The molecular formula is C19H22N2O4. The fourth-order valence-corrected chi connectivity index (χ4v) is 2.09. The van der Waals surface area contributed by atoms with E-state index in [2.05, 4.69) is 10.6 Å². The smallest absolute Gasteiger partial charge is 0.243 e. The summed E-state index contributed by atoms with van der Waals surface area (Å²) >= 11 is 0. The number of benzene rings is 2.